The molecule has 7 heteroatoms. The third-order valence-electron chi connectivity index (χ3n) is 4.48. The number of H-pyrrole nitrogens is 1. The van der Waals surface area contributed by atoms with Gasteiger partial charge in [0, 0.05) is 28.4 Å². The zero-order valence-corrected chi connectivity index (χ0v) is 15.4. The van der Waals surface area contributed by atoms with E-state index in [1.54, 1.807) is 12.4 Å². The topological polar surface area (TPSA) is 86.7 Å². The lowest BCUT2D eigenvalue weighted by molar-refractivity contribution is 0.276. The highest BCUT2D eigenvalue weighted by atomic mass is 35.5. The summed E-state index contributed by atoms with van der Waals surface area (Å²) < 4.78 is 0. The number of nitrogens with one attached hydrogen (secondary N) is 2. The maximum absolute atomic E-state index is 9.78. The van der Waals surface area contributed by atoms with E-state index in [0.717, 1.165) is 33.5 Å². The van der Waals surface area contributed by atoms with Gasteiger partial charge in [-0.1, -0.05) is 41.9 Å². The number of aromatic nitrogens is 4. The highest BCUT2D eigenvalue weighted by Crippen LogP contribution is 2.31. The molecule has 3 aromatic heterocycles. The van der Waals surface area contributed by atoms with Crippen LogP contribution in [-0.2, 0) is 0 Å². The van der Waals surface area contributed by atoms with Crippen LogP contribution in [0.15, 0.2) is 54.9 Å². The highest BCUT2D eigenvalue weighted by Gasteiger charge is 2.13. The van der Waals surface area contributed by atoms with Gasteiger partial charge < -0.3 is 10.4 Å². The minimum atomic E-state index is -0.237. The van der Waals surface area contributed by atoms with Gasteiger partial charge >= 0.3 is 0 Å². The molecular weight excluding hydrogens is 362 g/mol. The van der Waals surface area contributed by atoms with E-state index in [2.05, 4.69) is 25.5 Å². The molecule has 3 N–H and O–H groups in total. The van der Waals surface area contributed by atoms with Crippen molar-refractivity contribution in [3.8, 4) is 11.1 Å². The Balaban J connectivity index is 1.69. The number of benzene rings is 1. The zero-order valence-electron chi connectivity index (χ0n) is 14.6. The molecule has 0 spiro atoms. The Hall–Kier alpha value is -2.96. The third kappa shape index (κ3) is 3.49. The van der Waals surface area contributed by atoms with E-state index in [1.807, 2.05) is 49.4 Å². The fourth-order valence-electron chi connectivity index (χ4n) is 3.02. The van der Waals surface area contributed by atoms with Crippen LogP contribution in [0, 0.1) is 6.92 Å². The molecular formula is C20H18ClN5O. The number of fused-ring (bicyclic) bond motifs is 1. The van der Waals surface area contributed by atoms with E-state index in [1.165, 1.54) is 0 Å². The molecule has 0 saturated carbocycles. The first kappa shape index (κ1) is 17.5. The largest absolute Gasteiger partial charge is 0.394 e. The molecule has 0 fully saturated rings. The van der Waals surface area contributed by atoms with Crippen LogP contribution in [0.2, 0.25) is 5.15 Å². The van der Waals surface area contributed by atoms with Crippen LogP contribution < -0.4 is 5.32 Å². The van der Waals surface area contributed by atoms with Crippen molar-refractivity contribution in [2.45, 2.75) is 13.0 Å². The van der Waals surface area contributed by atoms with Gasteiger partial charge in [-0.25, -0.2) is 9.97 Å². The molecule has 6 nitrogen and oxygen atoms in total. The first-order valence-corrected chi connectivity index (χ1v) is 8.92. The number of aliphatic hydroxyl groups excluding tert-OH is 1. The molecule has 0 aliphatic heterocycles. The second-order valence-electron chi connectivity index (χ2n) is 6.30. The van der Waals surface area contributed by atoms with Gasteiger partial charge in [0.2, 0.25) is 0 Å². The normalized spacial score (nSPS) is 12.3. The number of anilines is 1. The molecule has 0 radical (unpaired) electrons. The monoisotopic (exact) mass is 379 g/mol. The number of hydrogen-bond acceptors (Lipinski definition) is 5. The van der Waals surface area contributed by atoms with E-state index < -0.39 is 0 Å². The van der Waals surface area contributed by atoms with E-state index in [0.29, 0.717) is 10.8 Å². The summed E-state index contributed by atoms with van der Waals surface area (Å²) in [5.41, 5.74) is 4.99. The number of aliphatic hydroxyl groups is 1. The SMILES string of the molecule is Cc1[nH]nc2ncc(-c3cc(N[C@@H](CO)c4ccccc4)cnc3Cl)cc12. The number of pyridine rings is 2. The summed E-state index contributed by atoms with van der Waals surface area (Å²) in [6, 6.07) is 13.4. The molecule has 4 rings (SSSR count). The summed E-state index contributed by atoms with van der Waals surface area (Å²) in [5.74, 6) is 0. The first-order chi connectivity index (χ1) is 13.2. The summed E-state index contributed by atoms with van der Waals surface area (Å²) in [7, 11) is 0. The molecule has 27 heavy (non-hydrogen) atoms. The lowest BCUT2D eigenvalue weighted by atomic mass is 10.1. The average molecular weight is 380 g/mol. The van der Waals surface area contributed by atoms with Crippen molar-refractivity contribution in [2.75, 3.05) is 11.9 Å². The average Bonchev–Trinajstić information content (AvgIpc) is 3.08. The number of hydrogen-bond donors (Lipinski definition) is 3. The fraction of sp³-hybridized carbons (Fsp3) is 0.150. The van der Waals surface area contributed by atoms with Gasteiger partial charge in [-0.2, -0.15) is 5.10 Å². The second-order valence-corrected chi connectivity index (χ2v) is 6.65. The molecule has 0 bridgehead atoms. The molecule has 4 aromatic rings. The summed E-state index contributed by atoms with van der Waals surface area (Å²) in [5, 5.41) is 21.5. The molecule has 0 amide bonds. The van der Waals surface area contributed by atoms with Crippen molar-refractivity contribution in [3.05, 3.63) is 71.3 Å². The van der Waals surface area contributed by atoms with Crippen LogP contribution >= 0.6 is 11.6 Å². The fourth-order valence-corrected chi connectivity index (χ4v) is 3.23. The molecule has 0 aliphatic rings. The number of aromatic amines is 1. The predicted octanol–water partition coefficient (Wildman–Crippen LogP) is 4.13. The summed E-state index contributed by atoms with van der Waals surface area (Å²) in [4.78, 5) is 8.68. The minimum absolute atomic E-state index is 0.0380. The molecule has 1 aromatic carbocycles. The summed E-state index contributed by atoms with van der Waals surface area (Å²) in [6.45, 7) is 1.91. The Kier molecular flexibility index (Phi) is 4.75. The first-order valence-electron chi connectivity index (χ1n) is 8.54. The lowest BCUT2D eigenvalue weighted by Gasteiger charge is -2.18. The van der Waals surface area contributed by atoms with Crippen molar-refractivity contribution in [2.24, 2.45) is 0 Å². The quantitative estimate of drug-likeness (QED) is 0.454. The van der Waals surface area contributed by atoms with Gasteiger partial charge in [-0.3, -0.25) is 5.10 Å². The van der Waals surface area contributed by atoms with E-state index in [4.69, 9.17) is 11.6 Å². The third-order valence-corrected chi connectivity index (χ3v) is 4.78. The Morgan fingerprint density at radius 2 is 1.96 bits per heavy atom. The van der Waals surface area contributed by atoms with Crippen molar-refractivity contribution in [3.63, 3.8) is 0 Å². The summed E-state index contributed by atoms with van der Waals surface area (Å²) >= 11 is 6.34. The van der Waals surface area contributed by atoms with Gasteiger partial charge in [0.25, 0.3) is 0 Å². The van der Waals surface area contributed by atoms with Crippen LogP contribution in [0.25, 0.3) is 22.2 Å². The van der Waals surface area contributed by atoms with E-state index in [-0.39, 0.29) is 12.6 Å². The Morgan fingerprint density at radius 1 is 1.15 bits per heavy atom. The van der Waals surface area contributed by atoms with Crippen molar-refractivity contribution in [1.82, 2.24) is 20.2 Å². The second kappa shape index (κ2) is 7.34. The summed E-state index contributed by atoms with van der Waals surface area (Å²) in [6.07, 6.45) is 3.39. The van der Waals surface area contributed by atoms with E-state index in [9.17, 15) is 5.11 Å². The lowest BCUT2D eigenvalue weighted by Crippen LogP contribution is -2.14. The van der Waals surface area contributed by atoms with Crippen LogP contribution in [0.3, 0.4) is 0 Å². The molecule has 1 atom stereocenters. The zero-order chi connectivity index (χ0) is 18.8. The number of halogens is 1. The smallest absolute Gasteiger partial charge is 0.181 e. The standard InChI is InChI=1S/C20H18ClN5O/c1-12-16-7-14(9-23-20(16)26-25-12)17-8-15(10-22-19(17)21)24-18(11-27)13-5-3-2-4-6-13/h2-10,18,24,27H,11H2,1H3,(H,23,25,26)/t18-/m0/s1. The number of aryl methyl sites for hydroxylation is 1. The maximum atomic E-state index is 9.78. The van der Waals surface area contributed by atoms with Gasteiger partial charge in [-0.05, 0) is 24.6 Å². The van der Waals surface area contributed by atoms with Gasteiger partial charge in [0.15, 0.2) is 5.65 Å². The van der Waals surface area contributed by atoms with Crippen LogP contribution in [0.4, 0.5) is 5.69 Å². The Bertz CT molecular complexity index is 1080. The Labute approximate surface area is 161 Å². The minimum Gasteiger partial charge on any atom is -0.394 e. The van der Waals surface area contributed by atoms with Crippen molar-refractivity contribution < 1.29 is 5.11 Å². The Morgan fingerprint density at radius 3 is 2.74 bits per heavy atom. The molecule has 136 valence electrons. The van der Waals surface area contributed by atoms with Crippen LogP contribution in [-0.4, -0.2) is 31.9 Å². The van der Waals surface area contributed by atoms with Crippen LogP contribution in [0.5, 0.6) is 0 Å². The van der Waals surface area contributed by atoms with Gasteiger partial charge in [0.1, 0.15) is 5.15 Å². The molecule has 0 aliphatic carbocycles. The molecule has 3 heterocycles. The predicted molar refractivity (Wildman–Crippen MR) is 107 cm³/mol. The highest BCUT2D eigenvalue weighted by molar-refractivity contribution is 6.32. The number of nitrogens with zero attached hydrogens (tertiary/aromatic N) is 3. The molecule has 0 unspecified atom stereocenters. The number of rotatable bonds is 5. The van der Waals surface area contributed by atoms with E-state index >= 15 is 0 Å². The maximum Gasteiger partial charge on any atom is 0.181 e. The van der Waals surface area contributed by atoms with Crippen LogP contribution in [0.1, 0.15) is 17.3 Å². The van der Waals surface area contributed by atoms with Gasteiger partial charge in [0.05, 0.1) is 24.5 Å². The van der Waals surface area contributed by atoms with Crippen molar-refractivity contribution in [1.29, 1.82) is 0 Å². The van der Waals surface area contributed by atoms with Crippen molar-refractivity contribution >= 4 is 28.3 Å². The van der Waals surface area contributed by atoms with Gasteiger partial charge in [-0.15, -0.1) is 0 Å². The molecule has 0 saturated heterocycles.